The van der Waals surface area contributed by atoms with E-state index in [1.165, 1.54) is 12.1 Å². The molecule has 1 saturated heterocycles. The van der Waals surface area contributed by atoms with Crippen molar-refractivity contribution in [2.75, 3.05) is 26.2 Å². The quantitative estimate of drug-likeness (QED) is 0.848. The van der Waals surface area contributed by atoms with Crippen molar-refractivity contribution < 1.29 is 14.0 Å². The van der Waals surface area contributed by atoms with Crippen LogP contribution in [-0.2, 0) is 16.0 Å². The monoisotopic (exact) mass is 397 g/mol. The lowest BCUT2D eigenvalue weighted by molar-refractivity contribution is -0.133. The average Bonchev–Trinajstić information content (AvgIpc) is 2.86. The van der Waals surface area contributed by atoms with E-state index in [9.17, 15) is 14.0 Å². The third kappa shape index (κ3) is 5.91. The fourth-order valence-corrected chi connectivity index (χ4v) is 4.02. The van der Waals surface area contributed by atoms with Gasteiger partial charge in [-0.1, -0.05) is 18.6 Å². The molecule has 150 valence electrons. The lowest BCUT2D eigenvalue weighted by Gasteiger charge is -2.24. The van der Waals surface area contributed by atoms with Crippen molar-refractivity contribution in [3.05, 3.63) is 35.6 Å². The van der Waals surface area contributed by atoms with E-state index in [2.05, 4.69) is 0 Å². The molecule has 2 atom stereocenters. The first-order chi connectivity index (χ1) is 12.5. The molecule has 3 rings (SSSR count). The Balaban J connectivity index is 0.00000261. The van der Waals surface area contributed by atoms with Crippen LogP contribution in [0.4, 0.5) is 4.39 Å². The smallest absolute Gasteiger partial charge is 0.227 e. The molecule has 0 radical (unpaired) electrons. The summed E-state index contributed by atoms with van der Waals surface area (Å²) in [6.07, 6.45) is 4.67. The van der Waals surface area contributed by atoms with Crippen molar-refractivity contribution in [1.29, 1.82) is 0 Å². The summed E-state index contributed by atoms with van der Waals surface area (Å²) in [4.78, 5) is 28.8. The standard InChI is InChI=1S/C20H28FN3O2.ClH/c21-17-6-1-4-15(12-17)13-19(25)23-8-3-9-24(11-10-23)20(26)14-16-5-2-7-18(16)22;/h1,4,6,12,16,18H,2-3,5,7-11,13-14,22H2;1H/t16-,18+;/m0./s1. The second-order valence-electron chi connectivity index (χ2n) is 7.48. The van der Waals surface area contributed by atoms with E-state index in [1.807, 2.05) is 4.90 Å². The molecule has 27 heavy (non-hydrogen) atoms. The fourth-order valence-electron chi connectivity index (χ4n) is 4.02. The summed E-state index contributed by atoms with van der Waals surface area (Å²) in [5.74, 6) is 0.124. The Labute approximate surface area is 166 Å². The Morgan fingerprint density at radius 2 is 1.74 bits per heavy atom. The molecule has 1 heterocycles. The summed E-state index contributed by atoms with van der Waals surface area (Å²) < 4.78 is 13.3. The molecular formula is C20H29ClFN3O2. The number of nitrogens with two attached hydrogens (primary N) is 1. The molecule has 1 aromatic carbocycles. The maximum absolute atomic E-state index is 13.3. The van der Waals surface area contributed by atoms with Crippen molar-refractivity contribution in [3.63, 3.8) is 0 Å². The van der Waals surface area contributed by atoms with Crippen LogP contribution in [0.2, 0.25) is 0 Å². The molecule has 0 unspecified atom stereocenters. The first-order valence-electron chi connectivity index (χ1n) is 9.58. The molecule has 1 aliphatic heterocycles. The maximum Gasteiger partial charge on any atom is 0.227 e. The van der Waals surface area contributed by atoms with Gasteiger partial charge in [0.1, 0.15) is 5.82 Å². The summed E-state index contributed by atoms with van der Waals surface area (Å²) in [6.45, 7) is 2.43. The summed E-state index contributed by atoms with van der Waals surface area (Å²) in [5.41, 5.74) is 6.77. The molecule has 0 bridgehead atoms. The van der Waals surface area contributed by atoms with Gasteiger partial charge in [-0.2, -0.15) is 0 Å². The molecule has 7 heteroatoms. The number of carbonyl (C=O) groups is 2. The number of amides is 2. The van der Waals surface area contributed by atoms with Crippen molar-refractivity contribution in [1.82, 2.24) is 9.80 Å². The lowest BCUT2D eigenvalue weighted by atomic mass is 9.99. The van der Waals surface area contributed by atoms with Crippen LogP contribution in [0.15, 0.2) is 24.3 Å². The molecule has 0 spiro atoms. The molecule has 0 aromatic heterocycles. The van der Waals surface area contributed by atoms with E-state index >= 15 is 0 Å². The molecule has 2 aliphatic rings. The van der Waals surface area contributed by atoms with Gasteiger partial charge < -0.3 is 15.5 Å². The maximum atomic E-state index is 13.3. The minimum absolute atomic E-state index is 0. The Bertz CT molecular complexity index is 658. The van der Waals surface area contributed by atoms with Crippen molar-refractivity contribution in [2.45, 2.75) is 44.6 Å². The minimum Gasteiger partial charge on any atom is -0.341 e. The highest BCUT2D eigenvalue weighted by Crippen LogP contribution is 2.27. The first kappa shape index (κ1) is 21.6. The predicted molar refractivity (Wildman–Crippen MR) is 105 cm³/mol. The number of benzene rings is 1. The normalized spacial score (nSPS) is 22.9. The van der Waals surface area contributed by atoms with E-state index in [-0.39, 0.29) is 42.5 Å². The summed E-state index contributed by atoms with van der Waals surface area (Å²) in [6, 6.07) is 6.31. The minimum atomic E-state index is -0.326. The van der Waals surface area contributed by atoms with Gasteiger partial charge in [0.25, 0.3) is 0 Å². The van der Waals surface area contributed by atoms with Crippen LogP contribution >= 0.6 is 12.4 Å². The molecule has 2 N–H and O–H groups in total. The third-order valence-electron chi connectivity index (χ3n) is 5.60. The molecule has 5 nitrogen and oxygen atoms in total. The Morgan fingerprint density at radius 3 is 2.37 bits per heavy atom. The molecule has 1 aliphatic carbocycles. The summed E-state index contributed by atoms with van der Waals surface area (Å²) in [5, 5.41) is 0. The highest BCUT2D eigenvalue weighted by molar-refractivity contribution is 5.85. The Hall–Kier alpha value is -1.66. The van der Waals surface area contributed by atoms with E-state index < -0.39 is 0 Å². The van der Waals surface area contributed by atoms with Gasteiger partial charge in [-0.05, 0) is 42.9 Å². The van der Waals surface area contributed by atoms with Crippen LogP contribution in [0.3, 0.4) is 0 Å². The molecule has 2 fully saturated rings. The van der Waals surface area contributed by atoms with Gasteiger partial charge in [0, 0.05) is 38.6 Å². The highest BCUT2D eigenvalue weighted by atomic mass is 35.5. The van der Waals surface area contributed by atoms with Gasteiger partial charge >= 0.3 is 0 Å². The van der Waals surface area contributed by atoms with Crippen LogP contribution in [0, 0.1) is 11.7 Å². The second kappa shape index (κ2) is 10.0. The predicted octanol–water partition coefficient (Wildman–Crippen LogP) is 2.37. The van der Waals surface area contributed by atoms with Gasteiger partial charge in [0.05, 0.1) is 6.42 Å². The van der Waals surface area contributed by atoms with Gasteiger partial charge in [-0.3, -0.25) is 9.59 Å². The zero-order chi connectivity index (χ0) is 18.5. The number of rotatable bonds is 4. The van der Waals surface area contributed by atoms with Crippen LogP contribution < -0.4 is 5.73 Å². The molecule has 1 saturated carbocycles. The second-order valence-corrected chi connectivity index (χ2v) is 7.48. The van der Waals surface area contributed by atoms with E-state index in [0.717, 1.165) is 25.7 Å². The van der Waals surface area contributed by atoms with Crippen LogP contribution in [0.25, 0.3) is 0 Å². The van der Waals surface area contributed by atoms with Gasteiger partial charge in [0.2, 0.25) is 11.8 Å². The Kier molecular flexibility index (Phi) is 8.05. The lowest BCUT2D eigenvalue weighted by Crippen LogP contribution is -2.39. The largest absolute Gasteiger partial charge is 0.341 e. The first-order valence-corrected chi connectivity index (χ1v) is 9.58. The van der Waals surface area contributed by atoms with Crippen molar-refractivity contribution in [3.8, 4) is 0 Å². The molecular weight excluding hydrogens is 369 g/mol. The number of halogens is 2. The van der Waals surface area contributed by atoms with E-state index in [0.29, 0.717) is 44.1 Å². The van der Waals surface area contributed by atoms with Gasteiger partial charge in [-0.15, -0.1) is 12.4 Å². The number of carbonyl (C=O) groups excluding carboxylic acids is 2. The third-order valence-corrected chi connectivity index (χ3v) is 5.60. The van der Waals surface area contributed by atoms with E-state index in [1.54, 1.807) is 17.0 Å². The zero-order valence-electron chi connectivity index (χ0n) is 15.6. The van der Waals surface area contributed by atoms with Crippen molar-refractivity contribution >= 4 is 24.2 Å². The zero-order valence-corrected chi connectivity index (χ0v) is 16.4. The topological polar surface area (TPSA) is 66.6 Å². The van der Waals surface area contributed by atoms with Gasteiger partial charge in [-0.25, -0.2) is 4.39 Å². The highest BCUT2D eigenvalue weighted by Gasteiger charge is 2.29. The number of hydrogen-bond acceptors (Lipinski definition) is 3. The van der Waals surface area contributed by atoms with Crippen LogP contribution in [0.1, 0.15) is 37.7 Å². The fraction of sp³-hybridized carbons (Fsp3) is 0.600. The molecule has 2 amide bonds. The summed E-state index contributed by atoms with van der Waals surface area (Å²) >= 11 is 0. The average molecular weight is 398 g/mol. The van der Waals surface area contributed by atoms with Crippen LogP contribution in [-0.4, -0.2) is 53.8 Å². The Morgan fingerprint density at radius 1 is 1.04 bits per heavy atom. The van der Waals surface area contributed by atoms with Crippen LogP contribution in [0.5, 0.6) is 0 Å². The van der Waals surface area contributed by atoms with Gasteiger partial charge in [0.15, 0.2) is 0 Å². The number of hydrogen-bond donors (Lipinski definition) is 1. The molecule has 1 aromatic rings. The SMILES string of the molecule is Cl.N[C@@H]1CCC[C@H]1CC(=O)N1CCCN(C(=O)Cc2cccc(F)c2)CC1. The van der Waals surface area contributed by atoms with Crippen molar-refractivity contribution in [2.24, 2.45) is 11.7 Å². The van der Waals surface area contributed by atoms with E-state index in [4.69, 9.17) is 5.73 Å². The number of nitrogens with zero attached hydrogens (tertiary/aromatic N) is 2. The summed E-state index contributed by atoms with van der Waals surface area (Å²) in [7, 11) is 0.